The van der Waals surface area contributed by atoms with E-state index in [0.717, 1.165) is 43.6 Å². The van der Waals surface area contributed by atoms with E-state index in [1.807, 2.05) is 17.0 Å². The molecule has 2 amide bonds. The lowest BCUT2D eigenvalue weighted by Gasteiger charge is -2.37. The number of nitrogens with one attached hydrogen (secondary N) is 1. The molecule has 0 radical (unpaired) electrons. The van der Waals surface area contributed by atoms with Gasteiger partial charge in [0.25, 0.3) is 5.91 Å². The zero-order chi connectivity index (χ0) is 21.1. The maximum atomic E-state index is 12.6. The molecule has 1 unspecified atom stereocenters. The number of carbonyl (C=O) groups excluding carboxylic acids is 2. The van der Waals surface area contributed by atoms with E-state index in [4.69, 9.17) is 0 Å². The van der Waals surface area contributed by atoms with E-state index >= 15 is 0 Å². The van der Waals surface area contributed by atoms with Gasteiger partial charge in [-0.25, -0.2) is 4.68 Å². The monoisotopic (exact) mass is 435 g/mol. The van der Waals surface area contributed by atoms with Crippen molar-refractivity contribution in [3.63, 3.8) is 0 Å². The molecule has 2 fully saturated rings. The summed E-state index contributed by atoms with van der Waals surface area (Å²) in [5.41, 5.74) is 1.50. The van der Waals surface area contributed by atoms with Crippen molar-refractivity contribution >= 4 is 35.0 Å². The minimum absolute atomic E-state index is 0.0689. The number of thioether (sulfide) groups is 1. The minimum Gasteiger partial charge on any atom is -0.368 e. The van der Waals surface area contributed by atoms with Crippen molar-refractivity contribution in [2.45, 2.75) is 24.6 Å². The summed E-state index contributed by atoms with van der Waals surface area (Å²) in [4.78, 5) is 28.9. The predicted octanol–water partition coefficient (Wildman–Crippen LogP) is 3.07. The van der Waals surface area contributed by atoms with Crippen molar-refractivity contribution in [2.24, 2.45) is 0 Å². The molecule has 1 aromatic heterocycles. The number of hydrogen-bond donors (Lipinski definition) is 1. The first-order valence-electron chi connectivity index (χ1n) is 9.91. The molecule has 2 aliphatic rings. The molecule has 0 spiro atoms. The van der Waals surface area contributed by atoms with Gasteiger partial charge >= 0.3 is 6.55 Å². The van der Waals surface area contributed by atoms with Gasteiger partial charge in [-0.1, -0.05) is 0 Å². The average Bonchev–Trinajstić information content (AvgIpc) is 3.46. The van der Waals surface area contributed by atoms with Crippen LogP contribution in [0.4, 0.5) is 20.2 Å². The van der Waals surface area contributed by atoms with E-state index in [0.29, 0.717) is 23.5 Å². The second-order valence-electron chi connectivity index (χ2n) is 7.27. The molecule has 3 heterocycles. The predicted molar refractivity (Wildman–Crippen MR) is 112 cm³/mol. The highest BCUT2D eigenvalue weighted by Gasteiger charge is 2.30. The number of anilines is 2. The second-order valence-corrected chi connectivity index (χ2v) is 8.58. The first-order valence-corrected chi connectivity index (χ1v) is 11.0. The molecule has 1 aromatic carbocycles. The molecule has 2 aliphatic heterocycles. The number of alkyl halides is 2. The first kappa shape index (κ1) is 20.6. The standard InChI is InChI=1S/C20H23F2N5O2S/c21-20(22)27-8-7-16(24-27)18(28)23-14-3-5-15(6-4-14)25-9-11-26(12-10-25)19(29)17-2-1-13-30-17/h3-8,17,20H,1-2,9-13H2,(H,23,28). The van der Waals surface area contributed by atoms with Crippen LogP contribution in [0.15, 0.2) is 36.5 Å². The molecule has 7 nitrogen and oxygen atoms in total. The molecule has 0 aliphatic carbocycles. The number of halogens is 2. The van der Waals surface area contributed by atoms with E-state index in [9.17, 15) is 18.4 Å². The third kappa shape index (κ3) is 4.58. The summed E-state index contributed by atoms with van der Waals surface area (Å²) in [7, 11) is 0. The van der Waals surface area contributed by atoms with Crippen LogP contribution >= 0.6 is 11.8 Å². The summed E-state index contributed by atoms with van der Waals surface area (Å²) < 4.78 is 25.6. The lowest BCUT2D eigenvalue weighted by Crippen LogP contribution is -2.50. The summed E-state index contributed by atoms with van der Waals surface area (Å²) in [5.74, 6) is 0.802. The van der Waals surface area contributed by atoms with Gasteiger partial charge in [-0.05, 0) is 48.9 Å². The normalized spacial score (nSPS) is 19.4. The molecular formula is C20H23F2N5O2S. The molecule has 10 heteroatoms. The number of hydrogen-bond acceptors (Lipinski definition) is 5. The van der Waals surface area contributed by atoms with E-state index in [1.165, 1.54) is 6.07 Å². The van der Waals surface area contributed by atoms with Gasteiger partial charge in [0.15, 0.2) is 5.69 Å². The zero-order valence-electron chi connectivity index (χ0n) is 16.3. The van der Waals surface area contributed by atoms with Crippen LogP contribution in [-0.4, -0.2) is 63.7 Å². The lowest BCUT2D eigenvalue weighted by molar-refractivity contribution is -0.130. The molecule has 2 aromatic rings. The van der Waals surface area contributed by atoms with Gasteiger partial charge in [0.05, 0.1) is 5.25 Å². The quantitative estimate of drug-likeness (QED) is 0.782. The van der Waals surface area contributed by atoms with Crippen molar-refractivity contribution in [1.29, 1.82) is 0 Å². The number of carbonyl (C=O) groups is 2. The summed E-state index contributed by atoms with van der Waals surface area (Å²) in [6.45, 7) is 0.167. The van der Waals surface area contributed by atoms with E-state index in [-0.39, 0.29) is 16.9 Å². The highest BCUT2D eigenvalue weighted by molar-refractivity contribution is 8.00. The fourth-order valence-electron chi connectivity index (χ4n) is 3.68. The smallest absolute Gasteiger partial charge is 0.333 e. The Labute approximate surface area is 177 Å². The minimum atomic E-state index is -2.78. The Morgan fingerprint density at radius 1 is 1.10 bits per heavy atom. The van der Waals surface area contributed by atoms with E-state index in [2.05, 4.69) is 15.3 Å². The van der Waals surface area contributed by atoms with Crippen LogP contribution in [0.2, 0.25) is 0 Å². The molecule has 1 N–H and O–H groups in total. The Bertz CT molecular complexity index is 891. The van der Waals surface area contributed by atoms with Crippen molar-refractivity contribution in [1.82, 2.24) is 14.7 Å². The fourth-order valence-corrected chi connectivity index (χ4v) is 4.92. The highest BCUT2D eigenvalue weighted by atomic mass is 32.2. The fraction of sp³-hybridized carbons (Fsp3) is 0.450. The second kappa shape index (κ2) is 9.03. The van der Waals surface area contributed by atoms with E-state index in [1.54, 1.807) is 23.9 Å². The largest absolute Gasteiger partial charge is 0.368 e. The number of aromatic nitrogens is 2. The Balaban J connectivity index is 1.30. The van der Waals surface area contributed by atoms with Crippen molar-refractivity contribution in [3.05, 3.63) is 42.2 Å². The third-order valence-electron chi connectivity index (χ3n) is 5.33. The van der Waals surface area contributed by atoms with Crippen molar-refractivity contribution < 1.29 is 18.4 Å². The van der Waals surface area contributed by atoms with Gasteiger partial charge in [-0.3, -0.25) is 9.59 Å². The number of piperazine rings is 1. The Kier molecular flexibility index (Phi) is 6.21. The van der Waals surface area contributed by atoms with E-state index < -0.39 is 12.5 Å². The third-order valence-corrected chi connectivity index (χ3v) is 6.69. The zero-order valence-corrected chi connectivity index (χ0v) is 17.2. The Morgan fingerprint density at radius 3 is 2.43 bits per heavy atom. The van der Waals surface area contributed by atoms with Gasteiger partial charge < -0.3 is 15.1 Å². The lowest BCUT2D eigenvalue weighted by atomic mass is 10.2. The number of nitrogens with zero attached hydrogens (tertiary/aromatic N) is 4. The summed E-state index contributed by atoms with van der Waals surface area (Å²) in [6.07, 6.45) is 3.18. The number of benzene rings is 1. The van der Waals surface area contributed by atoms with Gasteiger partial charge in [0.1, 0.15) is 0 Å². The molecule has 160 valence electrons. The molecule has 2 saturated heterocycles. The molecule has 0 saturated carbocycles. The highest BCUT2D eigenvalue weighted by Crippen LogP contribution is 2.28. The summed E-state index contributed by atoms with van der Waals surface area (Å²) in [6, 6.07) is 8.59. The van der Waals surface area contributed by atoms with Gasteiger partial charge in [0.2, 0.25) is 5.91 Å². The number of amides is 2. The van der Waals surface area contributed by atoms with Crippen LogP contribution in [0, 0.1) is 0 Å². The van der Waals surface area contributed by atoms with Crippen LogP contribution in [0.3, 0.4) is 0 Å². The van der Waals surface area contributed by atoms with Crippen molar-refractivity contribution in [3.8, 4) is 0 Å². The maximum absolute atomic E-state index is 12.6. The van der Waals surface area contributed by atoms with Crippen molar-refractivity contribution in [2.75, 3.05) is 42.1 Å². The van der Waals surface area contributed by atoms with Gasteiger partial charge in [0, 0.05) is 43.8 Å². The van der Waals surface area contributed by atoms with Crippen LogP contribution in [-0.2, 0) is 4.79 Å². The topological polar surface area (TPSA) is 70.5 Å². The summed E-state index contributed by atoms with van der Waals surface area (Å²) in [5, 5.41) is 6.35. The number of rotatable bonds is 5. The molecule has 4 rings (SSSR count). The van der Waals surface area contributed by atoms with Gasteiger partial charge in [-0.15, -0.1) is 11.8 Å². The van der Waals surface area contributed by atoms with Crippen LogP contribution in [0.5, 0.6) is 0 Å². The van der Waals surface area contributed by atoms with Crippen LogP contribution in [0.25, 0.3) is 0 Å². The van der Waals surface area contributed by atoms with Gasteiger partial charge in [-0.2, -0.15) is 13.9 Å². The molecule has 30 heavy (non-hydrogen) atoms. The molecule has 1 atom stereocenters. The maximum Gasteiger partial charge on any atom is 0.333 e. The first-order chi connectivity index (χ1) is 14.5. The SMILES string of the molecule is O=C(Nc1ccc(N2CCN(C(=O)C3CCCS3)CC2)cc1)c1ccn(C(F)F)n1. The van der Waals surface area contributed by atoms with Crippen LogP contribution < -0.4 is 10.2 Å². The average molecular weight is 436 g/mol. The molecular weight excluding hydrogens is 412 g/mol. The van der Waals surface area contributed by atoms with Crippen LogP contribution in [0.1, 0.15) is 29.9 Å². The summed E-state index contributed by atoms with van der Waals surface area (Å²) >= 11 is 1.77. The Hall–Kier alpha value is -2.62. The molecule has 0 bridgehead atoms. The Morgan fingerprint density at radius 2 is 1.83 bits per heavy atom.